The van der Waals surface area contributed by atoms with Gasteiger partial charge in [0.1, 0.15) is 5.82 Å². The van der Waals surface area contributed by atoms with Crippen molar-refractivity contribution in [3.63, 3.8) is 0 Å². The summed E-state index contributed by atoms with van der Waals surface area (Å²) < 4.78 is 12.9. The maximum atomic E-state index is 12.9. The van der Waals surface area contributed by atoms with Gasteiger partial charge in [-0.1, -0.05) is 18.1 Å². The van der Waals surface area contributed by atoms with E-state index >= 15 is 0 Å². The number of carbonyl (C=O) groups is 1. The molecule has 2 aromatic rings. The van der Waals surface area contributed by atoms with Crippen LogP contribution in [0.1, 0.15) is 15.9 Å². The number of nitrogens with zero attached hydrogens (tertiary/aromatic N) is 1. The average Bonchev–Trinajstić information content (AvgIpc) is 2.49. The number of amides is 1. The Labute approximate surface area is 121 Å². The summed E-state index contributed by atoms with van der Waals surface area (Å²) in [5.41, 5.74) is 0.824. The molecule has 0 saturated carbocycles. The normalized spacial score (nSPS) is 9.90. The number of hydrogen-bond acceptors (Lipinski definition) is 2. The standard InChI is InChI=1S/C16H13FN2O2/c1-2-9-19(11-12-3-6-14(17)7-4-12)16(21)13-5-8-15(20)18-10-13/h1,3-8,10H,9,11H2,(H,18,20). The van der Waals surface area contributed by atoms with Crippen molar-refractivity contribution in [2.45, 2.75) is 6.54 Å². The molecule has 1 heterocycles. The number of terminal acetylenes is 1. The fourth-order valence-corrected chi connectivity index (χ4v) is 1.85. The molecule has 0 radical (unpaired) electrons. The SMILES string of the molecule is C#CCN(Cc1ccc(F)cc1)C(=O)c1ccc(=O)[nH]c1. The number of carbonyl (C=O) groups excluding carboxylic acids is 1. The molecular formula is C16H13FN2O2. The zero-order chi connectivity index (χ0) is 15.2. The van der Waals surface area contributed by atoms with E-state index in [0.29, 0.717) is 5.56 Å². The number of benzene rings is 1. The molecule has 106 valence electrons. The lowest BCUT2D eigenvalue weighted by Crippen LogP contribution is -2.31. The van der Waals surface area contributed by atoms with E-state index in [1.54, 1.807) is 12.1 Å². The van der Waals surface area contributed by atoms with Crippen molar-refractivity contribution in [2.75, 3.05) is 6.54 Å². The van der Waals surface area contributed by atoms with Gasteiger partial charge in [-0.3, -0.25) is 9.59 Å². The van der Waals surface area contributed by atoms with E-state index in [-0.39, 0.29) is 30.4 Å². The predicted octanol–water partition coefficient (Wildman–Crippen LogP) is 1.79. The number of hydrogen-bond donors (Lipinski definition) is 1. The van der Waals surface area contributed by atoms with Crippen molar-refractivity contribution < 1.29 is 9.18 Å². The van der Waals surface area contributed by atoms with Crippen molar-refractivity contribution in [1.82, 2.24) is 9.88 Å². The van der Waals surface area contributed by atoms with Gasteiger partial charge in [-0.2, -0.15) is 0 Å². The van der Waals surface area contributed by atoms with E-state index in [4.69, 9.17) is 6.42 Å². The van der Waals surface area contributed by atoms with Crippen LogP contribution in [0.25, 0.3) is 0 Å². The Morgan fingerprint density at radius 2 is 1.95 bits per heavy atom. The molecule has 1 amide bonds. The van der Waals surface area contributed by atoms with Gasteiger partial charge >= 0.3 is 0 Å². The fraction of sp³-hybridized carbons (Fsp3) is 0.125. The van der Waals surface area contributed by atoms with Crippen LogP contribution in [0.5, 0.6) is 0 Å². The summed E-state index contributed by atoms with van der Waals surface area (Å²) in [6, 6.07) is 8.56. The third-order valence-electron chi connectivity index (χ3n) is 2.89. The summed E-state index contributed by atoms with van der Waals surface area (Å²) in [7, 11) is 0. The number of halogens is 1. The number of aromatic nitrogens is 1. The molecule has 0 saturated heterocycles. The first-order valence-electron chi connectivity index (χ1n) is 6.26. The lowest BCUT2D eigenvalue weighted by atomic mass is 10.2. The molecule has 1 N–H and O–H groups in total. The molecule has 5 heteroatoms. The second-order valence-corrected chi connectivity index (χ2v) is 4.43. The second kappa shape index (κ2) is 6.53. The van der Waals surface area contributed by atoms with Gasteiger partial charge in [0.05, 0.1) is 12.1 Å². The van der Waals surface area contributed by atoms with E-state index in [1.165, 1.54) is 35.4 Å². The quantitative estimate of drug-likeness (QED) is 0.870. The van der Waals surface area contributed by atoms with E-state index < -0.39 is 0 Å². The molecule has 1 aromatic carbocycles. The maximum absolute atomic E-state index is 12.9. The lowest BCUT2D eigenvalue weighted by molar-refractivity contribution is 0.0765. The van der Waals surface area contributed by atoms with Crippen molar-refractivity contribution in [1.29, 1.82) is 0 Å². The lowest BCUT2D eigenvalue weighted by Gasteiger charge is -2.20. The van der Waals surface area contributed by atoms with Crippen molar-refractivity contribution >= 4 is 5.91 Å². The van der Waals surface area contributed by atoms with Crippen LogP contribution >= 0.6 is 0 Å². The van der Waals surface area contributed by atoms with Crippen LogP contribution in [0.15, 0.2) is 47.4 Å². The Balaban J connectivity index is 2.20. The largest absolute Gasteiger partial charge is 0.328 e. The van der Waals surface area contributed by atoms with Gasteiger partial charge in [0.25, 0.3) is 5.91 Å². The van der Waals surface area contributed by atoms with Crippen LogP contribution in [-0.4, -0.2) is 22.3 Å². The first-order chi connectivity index (χ1) is 10.1. The molecule has 21 heavy (non-hydrogen) atoms. The molecule has 0 spiro atoms. The van der Waals surface area contributed by atoms with Gasteiger partial charge in [-0.25, -0.2) is 4.39 Å². The maximum Gasteiger partial charge on any atom is 0.256 e. The second-order valence-electron chi connectivity index (χ2n) is 4.43. The van der Waals surface area contributed by atoms with Crippen LogP contribution in [0.2, 0.25) is 0 Å². The first kappa shape index (κ1) is 14.5. The van der Waals surface area contributed by atoms with Crippen LogP contribution in [0.4, 0.5) is 4.39 Å². The Morgan fingerprint density at radius 1 is 1.24 bits per heavy atom. The molecule has 0 aliphatic heterocycles. The molecule has 0 fully saturated rings. The Morgan fingerprint density at radius 3 is 2.52 bits per heavy atom. The minimum Gasteiger partial charge on any atom is -0.328 e. The fourth-order valence-electron chi connectivity index (χ4n) is 1.85. The summed E-state index contributed by atoms with van der Waals surface area (Å²) >= 11 is 0. The van der Waals surface area contributed by atoms with Crippen LogP contribution in [0, 0.1) is 18.2 Å². The molecule has 4 nitrogen and oxygen atoms in total. The molecule has 0 aliphatic rings. The summed E-state index contributed by atoms with van der Waals surface area (Å²) in [5, 5.41) is 0. The van der Waals surface area contributed by atoms with Crippen molar-refractivity contribution in [3.05, 3.63) is 69.9 Å². The Bertz CT molecular complexity index is 709. The van der Waals surface area contributed by atoms with E-state index in [1.807, 2.05) is 0 Å². The van der Waals surface area contributed by atoms with Crippen molar-refractivity contribution in [3.8, 4) is 12.3 Å². The highest BCUT2D eigenvalue weighted by molar-refractivity contribution is 5.94. The van der Waals surface area contributed by atoms with E-state index in [0.717, 1.165) is 5.56 Å². The highest BCUT2D eigenvalue weighted by Gasteiger charge is 2.15. The summed E-state index contributed by atoms with van der Waals surface area (Å²) in [5.74, 6) is 1.78. The van der Waals surface area contributed by atoms with Gasteiger partial charge in [0.15, 0.2) is 0 Å². The van der Waals surface area contributed by atoms with Gasteiger partial charge < -0.3 is 9.88 Å². The zero-order valence-corrected chi connectivity index (χ0v) is 11.2. The highest BCUT2D eigenvalue weighted by Crippen LogP contribution is 2.09. The monoisotopic (exact) mass is 284 g/mol. The predicted molar refractivity (Wildman–Crippen MR) is 77.0 cm³/mol. The number of H-pyrrole nitrogens is 1. The van der Waals surface area contributed by atoms with Crippen LogP contribution in [-0.2, 0) is 6.54 Å². The molecule has 2 rings (SSSR count). The number of pyridine rings is 1. The highest BCUT2D eigenvalue weighted by atomic mass is 19.1. The topological polar surface area (TPSA) is 53.2 Å². The number of nitrogens with one attached hydrogen (secondary N) is 1. The van der Waals surface area contributed by atoms with E-state index in [2.05, 4.69) is 10.9 Å². The Hall–Kier alpha value is -2.87. The molecule has 0 atom stereocenters. The smallest absolute Gasteiger partial charge is 0.256 e. The molecule has 1 aromatic heterocycles. The first-order valence-corrected chi connectivity index (χ1v) is 6.26. The summed E-state index contributed by atoms with van der Waals surface area (Å²) in [6.45, 7) is 0.387. The average molecular weight is 284 g/mol. The summed E-state index contributed by atoms with van der Waals surface area (Å²) in [4.78, 5) is 27.3. The molecule has 0 bridgehead atoms. The van der Waals surface area contributed by atoms with Crippen molar-refractivity contribution in [2.24, 2.45) is 0 Å². The van der Waals surface area contributed by atoms with Crippen LogP contribution in [0.3, 0.4) is 0 Å². The van der Waals surface area contributed by atoms with Gasteiger partial charge in [-0.05, 0) is 23.8 Å². The van der Waals surface area contributed by atoms with Gasteiger partial charge in [-0.15, -0.1) is 6.42 Å². The zero-order valence-electron chi connectivity index (χ0n) is 11.2. The minimum absolute atomic E-state index is 0.120. The number of rotatable bonds is 4. The molecular weight excluding hydrogens is 271 g/mol. The number of aromatic amines is 1. The van der Waals surface area contributed by atoms with Crippen LogP contribution < -0.4 is 5.56 Å². The third-order valence-corrected chi connectivity index (χ3v) is 2.89. The molecule has 0 aliphatic carbocycles. The summed E-state index contributed by atoms with van der Waals surface area (Å²) in [6.07, 6.45) is 6.63. The van der Waals surface area contributed by atoms with Gasteiger partial charge in [0.2, 0.25) is 5.56 Å². The third kappa shape index (κ3) is 3.80. The van der Waals surface area contributed by atoms with Gasteiger partial charge in [0, 0.05) is 18.8 Å². The Kier molecular flexibility index (Phi) is 4.52. The molecule has 0 unspecified atom stereocenters. The minimum atomic E-state index is -0.339. The van der Waals surface area contributed by atoms with E-state index in [9.17, 15) is 14.0 Å².